The number of aromatic nitrogens is 1. The van der Waals surface area contributed by atoms with Crippen LogP contribution >= 0.6 is 23.1 Å². The molecule has 9 heteroatoms. The van der Waals surface area contributed by atoms with Crippen molar-refractivity contribution < 1.29 is 14.7 Å². The average molecular weight is 417 g/mol. The molecule has 1 atom stereocenters. The van der Waals surface area contributed by atoms with E-state index in [1.54, 1.807) is 0 Å². The van der Waals surface area contributed by atoms with Crippen LogP contribution in [-0.2, 0) is 11.2 Å². The molecular formula is C19H20N4O3S2. The van der Waals surface area contributed by atoms with E-state index in [0.717, 1.165) is 17.7 Å². The van der Waals surface area contributed by atoms with Crippen molar-refractivity contribution >= 4 is 40.7 Å². The maximum absolute atomic E-state index is 12.3. The Morgan fingerprint density at radius 1 is 1.46 bits per heavy atom. The van der Waals surface area contributed by atoms with Gasteiger partial charge in [-0.1, -0.05) is 30.0 Å². The number of nitrogens with one attached hydrogen (secondary N) is 1. The van der Waals surface area contributed by atoms with Crippen molar-refractivity contribution in [1.29, 1.82) is 5.26 Å². The number of amides is 1. The van der Waals surface area contributed by atoms with Gasteiger partial charge in [0.15, 0.2) is 10.0 Å². The Morgan fingerprint density at radius 3 is 3.04 bits per heavy atom. The summed E-state index contributed by atoms with van der Waals surface area (Å²) in [4.78, 5) is 29.1. The Hall–Kier alpha value is -2.57. The maximum Gasteiger partial charge on any atom is 0.355 e. The molecule has 1 saturated heterocycles. The normalized spacial score (nSPS) is 16.2. The monoisotopic (exact) mass is 416 g/mol. The van der Waals surface area contributed by atoms with Crippen molar-refractivity contribution in [2.24, 2.45) is 0 Å². The summed E-state index contributed by atoms with van der Waals surface area (Å²) in [5.74, 6) is -0.219. The van der Waals surface area contributed by atoms with Gasteiger partial charge in [0, 0.05) is 42.4 Å². The topological polar surface area (TPSA) is 106 Å². The van der Waals surface area contributed by atoms with Gasteiger partial charge in [0.05, 0.1) is 12.5 Å². The van der Waals surface area contributed by atoms with Crippen molar-refractivity contribution in [3.05, 3.63) is 40.9 Å². The summed E-state index contributed by atoms with van der Waals surface area (Å²) in [6.07, 6.45) is 1.69. The van der Waals surface area contributed by atoms with Crippen LogP contribution in [0.15, 0.2) is 34.0 Å². The van der Waals surface area contributed by atoms with E-state index in [2.05, 4.69) is 16.4 Å². The lowest BCUT2D eigenvalue weighted by molar-refractivity contribution is -0.128. The molecule has 2 heterocycles. The molecule has 1 aromatic heterocycles. The molecule has 1 fully saturated rings. The van der Waals surface area contributed by atoms with E-state index >= 15 is 0 Å². The number of carboxylic acid groups (broad SMARTS) is 1. The van der Waals surface area contributed by atoms with Gasteiger partial charge in [0.25, 0.3) is 0 Å². The van der Waals surface area contributed by atoms with Crippen molar-refractivity contribution in [2.75, 3.05) is 24.2 Å². The number of para-hydroxylation sites is 1. The fraction of sp³-hybridized carbons (Fsp3) is 0.368. The summed E-state index contributed by atoms with van der Waals surface area (Å²) in [5, 5.41) is 22.8. The minimum Gasteiger partial charge on any atom is -0.476 e. The summed E-state index contributed by atoms with van der Waals surface area (Å²) in [6.45, 7) is 1.23. The summed E-state index contributed by atoms with van der Waals surface area (Å²) in [5.41, 5.74) is 1.94. The molecule has 0 spiro atoms. The summed E-state index contributed by atoms with van der Waals surface area (Å²) < 4.78 is 0.698. The molecule has 1 aliphatic rings. The number of rotatable bonds is 9. The molecule has 0 aliphatic carbocycles. The molecule has 1 amide bonds. The van der Waals surface area contributed by atoms with Crippen molar-refractivity contribution in [1.82, 2.24) is 9.88 Å². The van der Waals surface area contributed by atoms with Crippen LogP contribution in [0.3, 0.4) is 0 Å². The highest BCUT2D eigenvalue weighted by Gasteiger charge is 2.30. The van der Waals surface area contributed by atoms with Crippen LogP contribution in [-0.4, -0.2) is 51.8 Å². The Bertz CT molecular complexity index is 893. The number of thiazole rings is 1. The number of nitriles is 1. The van der Waals surface area contributed by atoms with E-state index < -0.39 is 5.97 Å². The fourth-order valence-corrected chi connectivity index (χ4v) is 4.93. The highest BCUT2D eigenvalue weighted by molar-refractivity contribution is 8.01. The second kappa shape index (κ2) is 9.57. The minimum atomic E-state index is -1.03. The van der Waals surface area contributed by atoms with Crippen LogP contribution in [0.5, 0.6) is 0 Å². The number of carbonyl (C=O) groups excluding carboxylic acids is 1. The van der Waals surface area contributed by atoms with Gasteiger partial charge in [-0.05, 0) is 18.1 Å². The van der Waals surface area contributed by atoms with E-state index in [-0.39, 0.29) is 17.6 Å². The largest absolute Gasteiger partial charge is 0.476 e. The van der Waals surface area contributed by atoms with Crippen molar-refractivity contribution in [3.63, 3.8) is 0 Å². The lowest BCUT2D eigenvalue weighted by Gasteiger charge is -2.25. The highest BCUT2D eigenvalue weighted by Crippen LogP contribution is 2.25. The first-order valence-electron chi connectivity index (χ1n) is 8.88. The van der Waals surface area contributed by atoms with Gasteiger partial charge in [-0.15, -0.1) is 11.3 Å². The van der Waals surface area contributed by atoms with Crippen LogP contribution in [0.2, 0.25) is 0 Å². The molecule has 2 aromatic rings. The fourth-order valence-electron chi connectivity index (χ4n) is 3.13. The molecule has 3 rings (SSSR count). The van der Waals surface area contributed by atoms with E-state index in [4.69, 9.17) is 10.4 Å². The molecule has 0 saturated carbocycles. The van der Waals surface area contributed by atoms with E-state index in [1.165, 1.54) is 28.5 Å². The van der Waals surface area contributed by atoms with Crippen molar-refractivity contribution in [3.8, 4) is 6.07 Å². The minimum absolute atomic E-state index is 0.0582. The van der Waals surface area contributed by atoms with Crippen LogP contribution in [0, 0.1) is 11.3 Å². The standard InChI is InChI=1S/C19H20N4O3S2/c20-8-7-13-3-1-2-4-15(13)21-11-14-5-6-17(24)23(14)9-10-27-19-22-16(12-28-19)18(25)26/h1-4,12,14,21H,5-7,9-11H2,(H,25,26)/t14-/m1/s1. The van der Waals surface area contributed by atoms with Gasteiger partial charge in [-0.2, -0.15) is 5.26 Å². The lowest BCUT2D eigenvalue weighted by Crippen LogP contribution is -2.39. The molecule has 146 valence electrons. The van der Waals surface area contributed by atoms with Gasteiger partial charge in [0.2, 0.25) is 5.91 Å². The van der Waals surface area contributed by atoms with Gasteiger partial charge in [0.1, 0.15) is 0 Å². The van der Waals surface area contributed by atoms with E-state index in [9.17, 15) is 9.59 Å². The van der Waals surface area contributed by atoms with Crippen molar-refractivity contribution in [2.45, 2.75) is 29.6 Å². The second-order valence-electron chi connectivity index (χ2n) is 6.30. The zero-order valence-electron chi connectivity index (χ0n) is 15.1. The molecule has 0 bridgehead atoms. The Labute approximate surface area is 171 Å². The van der Waals surface area contributed by atoms with E-state index in [1.807, 2.05) is 29.2 Å². The first kappa shape index (κ1) is 20.2. The number of benzene rings is 1. The van der Waals surface area contributed by atoms with Crippen LogP contribution in [0.1, 0.15) is 28.9 Å². The zero-order chi connectivity index (χ0) is 19.9. The van der Waals surface area contributed by atoms with E-state index in [0.29, 0.717) is 36.0 Å². The number of likely N-dealkylation sites (tertiary alicyclic amines) is 1. The number of hydrogen-bond donors (Lipinski definition) is 2. The molecular weight excluding hydrogens is 396 g/mol. The summed E-state index contributed by atoms with van der Waals surface area (Å²) >= 11 is 2.77. The predicted molar refractivity (Wildman–Crippen MR) is 109 cm³/mol. The average Bonchev–Trinajstić information content (AvgIpc) is 3.29. The molecule has 28 heavy (non-hydrogen) atoms. The molecule has 1 aliphatic heterocycles. The maximum atomic E-state index is 12.3. The third kappa shape index (κ3) is 5.03. The van der Waals surface area contributed by atoms with Crippen LogP contribution in [0.25, 0.3) is 0 Å². The number of aromatic carboxylic acids is 1. The smallest absolute Gasteiger partial charge is 0.355 e. The Morgan fingerprint density at radius 2 is 2.29 bits per heavy atom. The quantitative estimate of drug-likeness (QED) is 0.605. The number of anilines is 1. The number of thioether (sulfide) groups is 1. The van der Waals surface area contributed by atoms with Gasteiger partial charge < -0.3 is 15.3 Å². The lowest BCUT2D eigenvalue weighted by atomic mass is 10.1. The molecule has 1 aromatic carbocycles. The van der Waals surface area contributed by atoms with Crippen LogP contribution in [0.4, 0.5) is 5.69 Å². The third-order valence-corrected chi connectivity index (χ3v) is 6.53. The first-order valence-corrected chi connectivity index (χ1v) is 10.7. The highest BCUT2D eigenvalue weighted by atomic mass is 32.2. The second-order valence-corrected chi connectivity index (χ2v) is 8.50. The first-order chi connectivity index (χ1) is 13.6. The third-order valence-electron chi connectivity index (χ3n) is 4.53. The predicted octanol–water partition coefficient (Wildman–Crippen LogP) is 3.10. The summed E-state index contributed by atoms with van der Waals surface area (Å²) in [6, 6.07) is 10.00. The van der Waals surface area contributed by atoms with Gasteiger partial charge in [-0.25, -0.2) is 9.78 Å². The molecule has 7 nitrogen and oxygen atoms in total. The number of carbonyl (C=O) groups is 2. The SMILES string of the molecule is N#CCc1ccccc1NC[C@H]1CCC(=O)N1CCSc1nc(C(=O)O)cs1. The number of hydrogen-bond acceptors (Lipinski definition) is 7. The molecule has 2 N–H and O–H groups in total. The Kier molecular flexibility index (Phi) is 6.90. The number of carboxylic acids is 1. The molecule has 0 radical (unpaired) electrons. The number of nitrogens with zero attached hydrogens (tertiary/aromatic N) is 3. The summed E-state index contributed by atoms with van der Waals surface area (Å²) in [7, 11) is 0. The zero-order valence-corrected chi connectivity index (χ0v) is 16.8. The van der Waals surface area contributed by atoms with Crippen LogP contribution < -0.4 is 5.32 Å². The Balaban J connectivity index is 1.53. The molecule has 0 unspecified atom stereocenters. The van der Waals surface area contributed by atoms with Gasteiger partial charge >= 0.3 is 5.97 Å². The van der Waals surface area contributed by atoms with Gasteiger partial charge in [-0.3, -0.25) is 4.79 Å².